The van der Waals surface area contributed by atoms with Gasteiger partial charge in [0.25, 0.3) is 0 Å². The van der Waals surface area contributed by atoms with Crippen LogP contribution in [0, 0.1) is 12.7 Å². The van der Waals surface area contributed by atoms with Crippen molar-refractivity contribution < 1.29 is 4.39 Å². The SMILES string of the molecule is Cc1cc(-c2nnc(N)nc2-c2ccc(F)cc2)ccn1.Cl. The molecule has 0 spiro atoms. The first-order valence-electron chi connectivity index (χ1n) is 6.32. The summed E-state index contributed by atoms with van der Waals surface area (Å²) in [5.41, 5.74) is 9.20. The number of pyridine rings is 1. The second-order valence-corrected chi connectivity index (χ2v) is 4.56. The lowest BCUT2D eigenvalue weighted by atomic mass is 10.0. The zero-order valence-corrected chi connectivity index (χ0v) is 12.5. The average Bonchev–Trinajstić information content (AvgIpc) is 2.48. The molecule has 0 atom stereocenters. The van der Waals surface area contributed by atoms with E-state index >= 15 is 0 Å². The second-order valence-electron chi connectivity index (χ2n) is 4.56. The van der Waals surface area contributed by atoms with E-state index in [1.165, 1.54) is 12.1 Å². The molecule has 2 aromatic heterocycles. The van der Waals surface area contributed by atoms with Crippen molar-refractivity contribution in [2.45, 2.75) is 6.92 Å². The molecule has 1 aromatic carbocycles. The van der Waals surface area contributed by atoms with Gasteiger partial charge in [-0.25, -0.2) is 9.37 Å². The molecular formula is C15H13ClFN5. The van der Waals surface area contributed by atoms with Crippen molar-refractivity contribution in [1.82, 2.24) is 20.2 Å². The quantitative estimate of drug-likeness (QED) is 0.786. The molecule has 0 saturated heterocycles. The Morgan fingerprint density at radius 1 is 0.955 bits per heavy atom. The topological polar surface area (TPSA) is 77.6 Å². The van der Waals surface area contributed by atoms with Crippen LogP contribution in [0.3, 0.4) is 0 Å². The Hall–Kier alpha value is -2.60. The Kier molecular flexibility index (Phi) is 4.62. The predicted octanol–water partition coefficient (Wildman–Crippen LogP) is 3.05. The summed E-state index contributed by atoms with van der Waals surface area (Å²) in [6.07, 6.45) is 1.69. The summed E-state index contributed by atoms with van der Waals surface area (Å²) in [5, 5.41) is 7.94. The van der Waals surface area contributed by atoms with E-state index in [0.29, 0.717) is 11.4 Å². The van der Waals surface area contributed by atoms with Gasteiger partial charge in [-0.05, 0) is 43.3 Å². The first kappa shape index (κ1) is 15.8. The number of nitrogens with zero attached hydrogens (tertiary/aromatic N) is 4. The molecule has 112 valence electrons. The number of nitrogens with two attached hydrogens (primary N) is 1. The van der Waals surface area contributed by atoms with E-state index in [0.717, 1.165) is 16.8 Å². The Bertz CT molecular complexity index is 792. The first-order valence-corrected chi connectivity index (χ1v) is 6.32. The van der Waals surface area contributed by atoms with E-state index in [2.05, 4.69) is 20.2 Å². The van der Waals surface area contributed by atoms with Crippen LogP contribution in [-0.4, -0.2) is 20.2 Å². The highest BCUT2D eigenvalue weighted by Crippen LogP contribution is 2.28. The molecular weight excluding hydrogens is 305 g/mol. The maximum atomic E-state index is 13.1. The molecule has 0 unspecified atom stereocenters. The van der Waals surface area contributed by atoms with Crippen molar-refractivity contribution in [3.8, 4) is 22.5 Å². The zero-order valence-electron chi connectivity index (χ0n) is 11.7. The summed E-state index contributed by atoms with van der Waals surface area (Å²) in [7, 11) is 0. The van der Waals surface area contributed by atoms with E-state index in [9.17, 15) is 4.39 Å². The van der Waals surface area contributed by atoms with E-state index in [4.69, 9.17) is 5.73 Å². The normalized spacial score (nSPS) is 10.1. The van der Waals surface area contributed by atoms with Gasteiger partial charge in [0.05, 0.1) is 0 Å². The van der Waals surface area contributed by atoms with Crippen LogP contribution in [0.1, 0.15) is 5.69 Å². The molecule has 0 aliphatic rings. The van der Waals surface area contributed by atoms with Crippen LogP contribution < -0.4 is 5.73 Å². The van der Waals surface area contributed by atoms with E-state index in [1.807, 2.05) is 19.1 Å². The molecule has 3 rings (SSSR count). The number of hydrogen-bond donors (Lipinski definition) is 1. The number of anilines is 1. The Labute approximate surface area is 132 Å². The summed E-state index contributed by atoms with van der Waals surface area (Å²) in [6, 6.07) is 9.72. The summed E-state index contributed by atoms with van der Waals surface area (Å²) >= 11 is 0. The lowest BCUT2D eigenvalue weighted by molar-refractivity contribution is 0.628. The number of nitrogen functional groups attached to an aromatic ring is 1. The van der Waals surface area contributed by atoms with E-state index in [-0.39, 0.29) is 24.2 Å². The largest absolute Gasteiger partial charge is 0.366 e. The second kappa shape index (κ2) is 6.44. The molecule has 0 amide bonds. The van der Waals surface area contributed by atoms with Crippen LogP contribution >= 0.6 is 12.4 Å². The van der Waals surface area contributed by atoms with Gasteiger partial charge in [0.2, 0.25) is 5.95 Å². The third-order valence-electron chi connectivity index (χ3n) is 2.99. The number of halogens is 2. The molecule has 5 nitrogen and oxygen atoms in total. The van der Waals surface area contributed by atoms with Gasteiger partial charge in [-0.1, -0.05) is 0 Å². The van der Waals surface area contributed by atoms with E-state index < -0.39 is 0 Å². The smallest absolute Gasteiger partial charge is 0.240 e. The van der Waals surface area contributed by atoms with Gasteiger partial charge in [-0.3, -0.25) is 4.98 Å². The standard InChI is InChI=1S/C15H12FN5.ClH/c1-9-8-11(6-7-18-9)14-13(19-15(17)21-20-14)10-2-4-12(16)5-3-10;/h2-8H,1H3,(H2,17,19,21);1H. The van der Waals surface area contributed by atoms with E-state index in [1.54, 1.807) is 18.3 Å². The van der Waals surface area contributed by atoms with Crippen LogP contribution in [0.15, 0.2) is 42.6 Å². The van der Waals surface area contributed by atoms with Crippen molar-refractivity contribution in [2.24, 2.45) is 0 Å². The molecule has 0 aliphatic carbocycles. The fraction of sp³-hybridized carbons (Fsp3) is 0.0667. The monoisotopic (exact) mass is 317 g/mol. The molecule has 2 heterocycles. The first-order chi connectivity index (χ1) is 10.1. The number of aryl methyl sites for hydroxylation is 1. The average molecular weight is 318 g/mol. The Morgan fingerprint density at radius 3 is 2.36 bits per heavy atom. The Balaban J connectivity index is 0.00000176. The fourth-order valence-corrected chi connectivity index (χ4v) is 2.03. The molecule has 0 bridgehead atoms. The van der Waals surface area contributed by atoms with Gasteiger partial charge < -0.3 is 5.73 Å². The molecule has 2 N–H and O–H groups in total. The number of rotatable bonds is 2. The van der Waals surface area contributed by atoms with Gasteiger partial charge in [-0.2, -0.15) is 0 Å². The summed E-state index contributed by atoms with van der Waals surface area (Å²) < 4.78 is 13.1. The third kappa shape index (κ3) is 3.17. The minimum atomic E-state index is -0.310. The van der Waals surface area contributed by atoms with Crippen molar-refractivity contribution in [1.29, 1.82) is 0 Å². The van der Waals surface area contributed by atoms with Crippen molar-refractivity contribution >= 4 is 18.4 Å². The highest BCUT2D eigenvalue weighted by molar-refractivity contribution is 5.85. The number of aromatic nitrogens is 4. The van der Waals surface area contributed by atoms with Crippen LogP contribution in [0.25, 0.3) is 22.5 Å². The molecule has 7 heteroatoms. The van der Waals surface area contributed by atoms with Crippen LogP contribution in [-0.2, 0) is 0 Å². The Morgan fingerprint density at radius 2 is 1.68 bits per heavy atom. The predicted molar refractivity (Wildman–Crippen MR) is 84.8 cm³/mol. The maximum absolute atomic E-state index is 13.1. The lowest BCUT2D eigenvalue weighted by Crippen LogP contribution is -2.02. The molecule has 3 aromatic rings. The maximum Gasteiger partial charge on any atom is 0.240 e. The van der Waals surface area contributed by atoms with Crippen LogP contribution in [0.2, 0.25) is 0 Å². The summed E-state index contributed by atoms with van der Waals surface area (Å²) in [5.74, 6) is -0.237. The van der Waals surface area contributed by atoms with Gasteiger partial charge in [0.15, 0.2) is 0 Å². The molecule has 0 fully saturated rings. The van der Waals surface area contributed by atoms with Crippen molar-refractivity contribution in [3.63, 3.8) is 0 Å². The summed E-state index contributed by atoms with van der Waals surface area (Å²) in [4.78, 5) is 8.39. The minimum Gasteiger partial charge on any atom is -0.366 e. The van der Waals surface area contributed by atoms with Crippen LogP contribution in [0.4, 0.5) is 10.3 Å². The zero-order chi connectivity index (χ0) is 14.8. The highest BCUT2D eigenvalue weighted by atomic mass is 35.5. The minimum absolute atomic E-state index is 0. The summed E-state index contributed by atoms with van der Waals surface area (Å²) in [6.45, 7) is 1.89. The lowest BCUT2D eigenvalue weighted by Gasteiger charge is -2.08. The van der Waals surface area contributed by atoms with Crippen molar-refractivity contribution in [3.05, 3.63) is 54.1 Å². The molecule has 22 heavy (non-hydrogen) atoms. The van der Waals surface area contributed by atoms with Gasteiger partial charge in [0, 0.05) is 23.0 Å². The fourth-order valence-electron chi connectivity index (χ4n) is 2.03. The molecule has 0 radical (unpaired) electrons. The number of hydrogen-bond acceptors (Lipinski definition) is 5. The van der Waals surface area contributed by atoms with Gasteiger partial charge in [0.1, 0.15) is 17.2 Å². The molecule has 0 saturated carbocycles. The van der Waals surface area contributed by atoms with Crippen molar-refractivity contribution in [2.75, 3.05) is 5.73 Å². The number of benzene rings is 1. The third-order valence-corrected chi connectivity index (χ3v) is 2.99. The van der Waals surface area contributed by atoms with Gasteiger partial charge in [-0.15, -0.1) is 22.6 Å². The van der Waals surface area contributed by atoms with Crippen LogP contribution in [0.5, 0.6) is 0 Å². The van der Waals surface area contributed by atoms with Gasteiger partial charge >= 0.3 is 0 Å². The highest BCUT2D eigenvalue weighted by Gasteiger charge is 2.13. The molecule has 0 aliphatic heterocycles.